The van der Waals surface area contributed by atoms with Crippen molar-refractivity contribution in [3.63, 3.8) is 0 Å². The monoisotopic (exact) mass is 560 g/mol. The van der Waals surface area contributed by atoms with Gasteiger partial charge in [0.05, 0.1) is 12.9 Å². The van der Waals surface area contributed by atoms with Crippen molar-refractivity contribution in [2.24, 2.45) is 0 Å². The van der Waals surface area contributed by atoms with Crippen LogP contribution in [0, 0.1) is 0 Å². The number of ether oxygens (including phenoxy) is 2. The molecule has 0 saturated heterocycles. The maximum Gasteiger partial charge on any atom is 0.342 e. The number of hydrogen-bond donors (Lipinski definition) is 2. The van der Waals surface area contributed by atoms with Crippen LogP contribution in [0.15, 0.2) is 85.5 Å². The van der Waals surface area contributed by atoms with E-state index < -0.39 is 19.5 Å². The summed E-state index contributed by atoms with van der Waals surface area (Å²) in [5, 5.41) is 4.56. The maximum absolute atomic E-state index is 14.1. The van der Waals surface area contributed by atoms with E-state index in [0.29, 0.717) is 23.5 Å². The van der Waals surface area contributed by atoms with Crippen molar-refractivity contribution in [1.29, 1.82) is 0 Å². The summed E-state index contributed by atoms with van der Waals surface area (Å²) in [7, 11) is -3.76. The molecule has 2 heterocycles. The molecule has 0 spiro atoms. The minimum Gasteiger partial charge on any atom is -0.460 e. The van der Waals surface area contributed by atoms with Crippen molar-refractivity contribution in [3.8, 4) is 5.75 Å². The molecule has 5 aromatic rings. The van der Waals surface area contributed by atoms with Crippen LogP contribution >= 0.6 is 7.52 Å². The van der Waals surface area contributed by atoms with Crippen molar-refractivity contribution in [3.05, 3.63) is 91.0 Å². The Balaban J connectivity index is 1.28. The molecule has 0 aliphatic heterocycles. The molecule has 3 aromatic carbocycles. The van der Waals surface area contributed by atoms with E-state index in [4.69, 9.17) is 19.7 Å². The predicted molar refractivity (Wildman–Crippen MR) is 152 cm³/mol. The Bertz CT molecular complexity index is 1660. The van der Waals surface area contributed by atoms with Crippen LogP contribution in [0.4, 0.5) is 5.82 Å². The second-order valence-corrected chi connectivity index (χ2v) is 11.1. The average molecular weight is 561 g/mol. The number of nitrogen functional groups attached to an aromatic ring is 1. The van der Waals surface area contributed by atoms with Crippen molar-refractivity contribution in [2.75, 3.05) is 18.7 Å². The van der Waals surface area contributed by atoms with Gasteiger partial charge in [-0.3, -0.25) is 9.36 Å². The molecule has 206 valence electrons. The number of carbonyl (C=O) groups is 1. The second kappa shape index (κ2) is 12.3. The summed E-state index contributed by atoms with van der Waals surface area (Å²) < 4.78 is 33.2. The van der Waals surface area contributed by atoms with Crippen LogP contribution in [-0.2, 0) is 32.0 Å². The molecular formula is C28H29N6O5P. The van der Waals surface area contributed by atoms with Gasteiger partial charge < -0.3 is 24.3 Å². The number of esters is 1. The van der Waals surface area contributed by atoms with Gasteiger partial charge >= 0.3 is 13.5 Å². The first-order valence-electron chi connectivity index (χ1n) is 12.7. The molecule has 2 aromatic heterocycles. The smallest absolute Gasteiger partial charge is 0.342 e. The third-order valence-corrected chi connectivity index (χ3v) is 7.93. The third-order valence-electron chi connectivity index (χ3n) is 6.13. The zero-order chi connectivity index (χ0) is 28.0. The third kappa shape index (κ3) is 6.45. The first kappa shape index (κ1) is 27.3. The van der Waals surface area contributed by atoms with Crippen LogP contribution in [0.3, 0.4) is 0 Å². The van der Waals surface area contributed by atoms with Gasteiger partial charge in [0.25, 0.3) is 0 Å². The van der Waals surface area contributed by atoms with Crippen LogP contribution in [0.2, 0.25) is 0 Å². The van der Waals surface area contributed by atoms with Gasteiger partial charge in [0.15, 0.2) is 11.5 Å². The van der Waals surface area contributed by atoms with Crippen molar-refractivity contribution in [2.45, 2.75) is 26.1 Å². The second-order valence-electron chi connectivity index (χ2n) is 9.09. The number of rotatable bonds is 12. The lowest BCUT2D eigenvalue weighted by molar-refractivity contribution is -0.146. The van der Waals surface area contributed by atoms with E-state index >= 15 is 0 Å². The number of fused-ring (bicyclic) bond motifs is 2. The number of nitrogens with one attached hydrogen (secondary N) is 1. The molecule has 0 fully saturated rings. The van der Waals surface area contributed by atoms with Crippen molar-refractivity contribution < 1.29 is 23.4 Å². The van der Waals surface area contributed by atoms with E-state index in [2.05, 4.69) is 20.0 Å². The summed E-state index contributed by atoms with van der Waals surface area (Å²) in [5.41, 5.74) is 7.78. The van der Waals surface area contributed by atoms with E-state index in [9.17, 15) is 9.36 Å². The minimum absolute atomic E-state index is 0.101. The van der Waals surface area contributed by atoms with E-state index in [1.165, 1.54) is 6.33 Å². The van der Waals surface area contributed by atoms with Gasteiger partial charge in [-0.15, -0.1) is 0 Å². The van der Waals surface area contributed by atoms with Gasteiger partial charge in [0.1, 0.15) is 36.6 Å². The van der Waals surface area contributed by atoms with Crippen LogP contribution in [0.5, 0.6) is 5.75 Å². The molecule has 2 atom stereocenters. The quantitative estimate of drug-likeness (QED) is 0.127. The molecule has 0 bridgehead atoms. The molecule has 11 nitrogen and oxygen atoms in total. The van der Waals surface area contributed by atoms with E-state index in [1.807, 2.05) is 66.7 Å². The lowest BCUT2D eigenvalue weighted by atomic mass is 10.1. The van der Waals surface area contributed by atoms with Gasteiger partial charge in [0, 0.05) is 11.9 Å². The van der Waals surface area contributed by atoms with Gasteiger partial charge in [0.2, 0.25) is 0 Å². The number of aromatic nitrogens is 4. The Labute approximate surface area is 230 Å². The zero-order valence-electron chi connectivity index (χ0n) is 21.8. The highest BCUT2D eigenvalue weighted by molar-refractivity contribution is 7.57. The van der Waals surface area contributed by atoms with Gasteiger partial charge in [-0.2, -0.15) is 0 Å². The fourth-order valence-electron chi connectivity index (χ4n) is 4.14. The van der Waals surface area contributed by atoms with Crippen LogP contribution in [0.1, 0.15) is 12.5 Å². The summed E-state index contributed by atoms with van der Waals surface area (Å²) in [6.07, 6.45) is 2.66. The maximum atomic E-state index is 14.1. The fourth-order valence-corrected chi connectivity index (χ4v) is 5.86. The summed E-state index contributed by atoms with van der Waals surface area (Å²) in [5.74, 6) is 0.137. The molecule has 0 aliphatic carbocycles. The first-order chi connectivity index (χ1) is 19.4. The van der Waals surface area contributed by atoms with Gasteiger partial charge in [-0.05, 0) is 23.9 Å². The lowest BCUT2D eigenvalue weighted by Gasteiger charge is -2.24. The largest absolute Gasteiger partial charge is 0.460 e. The molecule has 0 saturated carbocycles. The van der Waals surface area contributed by atoms with Crippen LogP contribution in [-0.4, -0.2) is 44.5 Å². The predicted octanol–water partition coefficient (Wildman–Crippen LogP) is 4.53. The lowest BCUT2D eigenvalue weighted by Crippen LogP contribution is -2.35. The fraction of sp³-hybridized carbons (Fsp3) is 0.214. The summed E-state index contributed by atoms with van der Waals surface area (Å²) in [6, 6.07) is 21.5. The number of carbonyl (C=O) groups excluding carboxylic acids is 1. The Morgan fingerprint density at radius 1 is 1.02 bits per heavy atom. The molecule has 0 aliphatic rings. The van der Waals surface area contributed by atoms with Crippen molar-refractivity contribution in [1.82, 2.24) is 24.6 Å². The molecule has 3 N–H and O–H groups in total. The highest BCUT2D eigenvalue weighted by Crippen LogP contribution is 2.45. The Kier molecular flexibility index (Phi) is 8.35. The topological polar surface area (TPSA) is 143 Å². The normalized spacial score (nSPS) is 13.6. The molecule has 5 rings (SSSR count). The molecule has 0 radical (unpaired) electrons. The summed E-state index contributed by atoms with van der Waals surface area (Å²) in [4.78, 5) is 25.2. The van der Waals surface area contributed by atoms with E-state index in [0.717, 1.165) is 16.3 Å². The van der Waals surface area contributed by atoms with E-state index in [1.54, 1.807) is 23.9 Å². The van der Waals surface area contributed by atoms with Crippen molar-refractivity contribution >= 4 is 41.2 Å². The molecule has 12 heteroatoms. The van der Waals surface area contributed by atoms with Crippen LogP contribution in [0.25, 0.3) is 21.9 Å². The minimum atomic E-state index is -3.76. The Morgan fingerprint density at radius 2 is 1.80 bits per heavy atom. The highest BCUT2D eigenvalue weighted by atomic mass is 31.2. The number of imidazole rings is 1. The number of benzene rings is 3. The molecule has 1 unspecified atom stereocenters. The number of anilines is 1. The Morgan fingerprint density at radius 3 is 2.65 bits per heavy atom. The Hall–Kier alpha value is -4.31. The first-order valence-corrected chi connectivity index (χ1v) is 14.5. The van der Waals surface area contributed by atoms with E-state index in [-0.39, 0.29) is 25.4 Å². The van der Waals surface area contributed by atoms with Crippen LogP contribution < -0.4 is 15.3 Å². The highest BCUT2D eigenvalue weighted by Gasteiger charge is 2.31. The summed E-state index contributed by atoms with van der Waals surface area (Å²) >= 11 is 0. The number of nitrogens with two attached hydrogens (primary N) is 1. The standard InChI is InChI=1S/C28H29N6O5P/c1-20(28(35)38-16-21-8-3-2-4-9-21)33-40(36,39-24-13-7-11-22-10-5-6-12-23(22)24)19-37-15-14-34-18-32-25-26(29)30-17-31-27(25)34/h2-13,17-18,20H,14-16,19H2,1H3,(H,33,36)(H2,29,30,31)/t20-,40?/m0/s1. The average Bonchev–Trinajstić information content (AvgIpc) is 3.39. The molecular weight excluding hydrogens is 531 g/mol. The van der Waals surface area contributed by atoms with Gasteiger partial charge in [-0.25, -0.2) is 20.0 Å². The molecule has 0 amide bonds. The zero-order valence-corrected chi connectivity index (χ0v) is 22.7. The number of hydrogen-bond acceptors (Lipinski definition) is 9. The summed E-state index contributed by atoms with van der Waals surface area (Å²) in [6.45, 7) is 2.22. The van der Waals surface area contributed by atoms with Gasteiger partial charge in [-0.1, -0.05) is 66.7 Å². The number of nitrogens with zero attached hydrogens (tertiary/aromatic N) is 4. The SMILES string of the molecule is C[C@H](NP(=O)(COCCn1cnc2c(N)ncnc21)Oc1cccc2ccccc12)C(=O)OCc1ccccc1. The molecule has 40 heavy (non-hydrogen) atoms.